The maximum atomic E-state index is 13.2. The summed E-state index contributed by atoms with van der Waals surface area (Å²) in [5.41, 5.74) is 1.59. The number of esters is 1. The molecule has 27 heavy (non-hydrogen) atoms. The number of fused-ring (bicyclic) bond motifs is 1. The lowest BCUT2D eigenvalue weighted by Gasteiger charge is -2.10. The number of ether oxygens (including phenoxy) is 1. The number of aryl methyl sites for hydroxylation is 2. The van der Waals surface area contributed by atoms with E-state index in [2.05, 4.69) is 4.98 Å². The topological polar surface area (TPSA) is 78.3 Å². The highest BCUT2D eigenvalue weighted by molar-refractivity contribution is 6.00. The molecule has 2 aromatic carbocycles. The van der Waals surface area contributed by atoms with Gasteiger partial charge in [-0.15, -0.1) is 0 Å². The van der Waals surface area contributed by atoms with Gasteiger partial charge >= 0.3 is 5.97 Å². The summed E-state index contributed by atoms with van der Waals surface area (Å²) in [4.78, 5) is 40.6. The summed E-state index contributed by atoms with van der Waals surface area (Å²) in [5, 5.41) is 0. The number of nitrogens with zero attached hydrogens (tertiary/aromatic N) is 2. The van der Waals surface area contributed by atoms with Gasteiger partial charge in [-0.3, -0.25) is 9.59 Å². The minimum atomic E-state index is -0.699. The van der Waals surface area contributed by atoms with Gasteiger partial charge in [-0.05, 0) is 44.2 Å². The number of benzene rings is 2. The number of halogens is 1. The van der Waals surface area contributed by atoms with E-state index in [0.717, 1.165) is 6.07 Å². The summed E-state index contributed by atoms with van der Waals surface area (Å²) in [5.74, 6) is -1.74. The quantitative estimate of drug-likeness (QED) is 0.511. The molecular formula is C20H17FN2O4. The van der Waals surface area contributed by atoms with Crippen molar-refractivity contribution < 1.29 is 18.7 Å². The zero-order valence-electron chi connectivity index (χ0n) is 14.9. The van der Waals surface area contributed by atoms with E-state index in [-0.39, 0.29) is 16.7 Å². The minimum Gasteiger partial charge on any atom is -0.454 e. The van der Waals surface area contributed by atoms with Crippen LogP contribution in [0.3, 0.4) is 0 Å². The summed E-state index contributed by atoms with van der Waals surface area (Å²) in [6.07, 6.45) is 0. The van der Waals surface area contributed by atoms with Crippen molar-refractivity contribution in [2.45, 2.75) is 20.4 Å². The summed E-state index contributed by atoms with van der Waals surface area (Å²) < 4.78 is 19.8. The molecule has 1 heterocycles. The molecule has 0 amide bonds. The van der Waals surface area contributed by atoms with E-state index in [4.69, 9.17) is 4.74 Å². The zero-order valence-corrected chi connectivity index (χ0v) is 14.9. The van der Waals surface area contributed by atoms with Crippen molar-refractivity contribution in [2.75, 3.05) is 6.61 Å². The van der Waals surface area contributed by atoms with Crippen LogP contribution in [-0.2, 0) is 11.3 Å². The van der Waals surface area contributed by atoms with Gasteiger partial charge in [0.05, 0.1) is 16.6 Å². The Hall–Kier alpha value is -3.35. The van der Waals surface area contributed by atoms with Crippen molar-refractivity contribution in [1.82, 2.24) is 9.55 Å². The third-order valence-corrected chi connectivity index (χ3v) is 4.14. The van der Waals surface area contributed by atoms with Gasteiger partial charge in [0, 0.05) is 12.1 Å². The average molecular weight is 368 g/mol. The first-order valence-corrected chi connectivity index (χ1v) is 8.37. The number of carbonyl (C=O) groups is 2. The van der Waals surface area contributed by atoms with Gasteiger partial charge in [0.15, 0.2) is 12.4 Å². The molecule has 3 aromatic rings. The number of Topliss-reactive ketones (excluding diaryl/α,β-unsaturated/α-hetero) is 1. The molecule has 0 unspecified atom stereocenters. The molecule has 0 aliphatic heterocycles. The van der Waals surface area contributed by atoms with Gasteiger partial charge < -0.3 is 9.30 Å². The average Bonchev–Trinajstić information content (AvgIpc) is 2.66. The number of hydrogen-bond donors (Lipinski definition) is 0. The predicted octanol–water partition coefficient (Wildman–Crippen LogP) is 2.90. The second-order valence-corrected chi connectivity index (χ2v) is 5.96. The molecule has 0 N–H and O–H groups in total. The number of ketones is 1. The van der Waals surface area contributed by atoms with Crippen LogP contribution in [0.25, 0.3) is 11.0 Å². The molecule has 0 aliphatic rings. The molecule has 0 radical (unpaired) electrons. The first-order valence-electron chi connectivity index (χ1n) is 8.37. The Morgan fingerprint density at radius 3 is 2.63 bits per heavy atom. The smallest absolute Gasteiger partial charge is 0.338 e. The normalized spacial score (nSPS) is 10.8. The molecule has 0 spiro atoms. The number of carbonyl (C=O) groups excluding carboxylic acids is 2. The van der Waals surface area contributed by atoms with Crippen LogP contribution < -0.4 is 5.56 Å². The maximum absolute atomic E-state index is 13.2. The largest absolute Gasteiger partial charge is 0.454 e. The lowest BCUT2D eigenvalue weighted by Crippen LogP contribution is -2.23. The van der Waals surface area contributed by atoms with Gasteiger partial charge in [-0.25, -0.2) is 14.2 Å². The van der Waals surface area contributed by atoms with E-state index in [0.29, 0.717) is 23.3 Å². The SMILES string of the molecule is CCn1c(=O)c(C)nc2cc(C(=O)OCC(=O)c3cccc(F)c3)ccc21. The molecule has 3 rings (SSSR count). The van der Waals surface area contributed by atoms with E-state index in [1.165, 1.54) is 30.3 Å². The molecule has 0 saturated heterocycles. The Kier molecular flexibility index (Phi) is 5.12. The van der Waals surface area contributed by atoms with Crippen LogP contribution in [0.15, 0.2) is 47.3 Å². The lowest BCUT2D eigenvalue weighted by atomic mass is 10.1. The molecule has 6 nitrogen and oxygen atoms in total. The highest BCUT2D eigenvalue weighted by Gasteiger charge is 2.14. The molecule has 0 bridgehead atoms. The van der Waals surface area contributed by atoms with Gasteiger partial charge in [0.25, 0.3) is 5.56 Å². The fourth-order valence-electron chi connectivity index (χ4n) is 2.78. The molecular weight excluding hydrogens is 351 g/mol. The standard InChI is InChI=1S/C20H17FN2O4/c1-3-23-17-8-7-14(10-16(17)22-12(2)19(23)25)20(26)27-11-18(24)13-5-4-6-15(21)9-13/h4-10H,3,11H2,1-2H3. The molecule has 0 saturated carbocycles. The summed E-state index contributed by atoms with van der Waals surface area (Å²) in [7, 11) is 0. The second-order valence-electron chi connectivity index (χ2n) is 5.96. The molecule has 138 valence electrons. The number of aromatic nitrogens is 2. The molecule has 0 aliphatic carbocycles. The van der Waals surface area contributed by atoms with Gasteiger partial charge in [-0.1, -0.05) is 12.1 Å². The maximum Gasteiger partial charge on any atom is 0.338 e. The van der Waals surface area contributed by atoms with Crippen molar-refractivity contribution >= 4 is 22.8 Å². The Morgan fingerprint density at radius 1 is 1.15 bits per heavy atom. The van der Waals surface area contributed by atoms with E-state index >= 15 is 0 Å². The summed E-state index contributed by atoms with van der Waals surface area (Å²) in [6, 6.07) is 9.83. The second kappa shape index (κ2) is 7.49. The van der Waals surface area contributed by atoms with E-state index in [1.54, 1.807) is 17.6 Å². The zero-order chi connectivity index (χ0) is 19.6. The molecule has 1 aromatic heterocycles. The highest BCUT2D eigenvalue weighted by atomic mass is 19.1. The Bertz CT molecular complexity index is 1100. The highest BCUT2D eigenvalue weighted by Crippen LogP contribution is 2.15. The van der Waals surface area contributed by atoms with Crippen LogP contribution in [0.5, 0.6) is 0 Å². The van der Waals surface area contributed by atoms with Gasteiger partial charge in [-0.2, -0.15) is 0 Å². The Balaban J connectivity index is 1.81. The Morgan fingerprint density at radius 2 is 1.93 bits per heavy atom. The predicted molar refractivity (Wildman–Crippen MR) is 97.4 cm³/mol. The van der Waals surface area contributed by atoms with Crippen molar-refractivity contribution in [3.05, 3.63) is 75.5 Å². The van der Waals surface area contributed by atoms with Crippen LogP contribution in [-0.4, -0.2) is 27.9 Å². The van der Waals surface area contributed by atoms with Crippen molar-refractivity contribution in [2.24, 2.45) is 0 Å². The number of rotatable bonds is 5. The number of hydrogen-bond acceptors (Lipinski definition) is 5. The van der Waals surface area contributed by atoms with Crippen LogP contribution in [0.2, 0.25) is 0 Å². The third-order valence-electron chi connectivity index (χ3n) is 4.14. The fourth-order valence-corrected chi connectivity index (χ4v) is 2.78. The fraction of sp³-hybridized carbons (Fsp3) is 0.200. The van der Waals surface area contributed by atoms with Gasteiger partial charge in [0.2, 0.25) is 0 Å². The minimum absolute atomic E-state index is 0.130. The van der Waals surface area contributed by atoms with Crippen molar-refractivity contribution in [3.63, 3.8) is 0 Å². The van der Waals surface area contributed by atoms with Crippen LogP contribution in [0.1, 0.15) is 33.3 Å². The van der Waals surface area contributed by atoms with Crippen LogP contribution >= 0.6 is 0 Å². The van der Waals surface area contributed by atoms with Crippen LogP contribution in [0, 0.1) is 12.7 Å². The Labute approximate surface area is 154 Å². The van der Waals surface area contributed by atoms with Crippen LogP contribution in [0.4, 0.5) is 4.39 Å². The lowest BCUT2D eigenvalue weighted by molar-refractivity contribution is 0.0475. The van der Waals surface area contributed by atoms with Crippen molar-refractivity contribution in [3.8, 4) is 0 Å². The molecule has 7 heteroatoms. The molecule has 0 fully saturated rings. The summed E-state index contributed by atoms with van der Waals surface area (Å²) >= 11 is 0. The third kappa shape index (κ3) is 3.76. The van der Waals surface area contributed by atoms with Crippen molar-refractivity contribution in [1.29, 1.82) is 0 Å². The van der Waals surface area contributed by atoms with E-state index < -0.39 is 24.2 Å². The van der Waals surface area contributed by atoms with E-state index in [9.17, 15) is 18.8 Å². The molecule has 0 atom stereocenters. The first-order chi connectivity index (χ1) is 12.9. The summed E-state index contributed by atoms with van der Waals surface area (Å²) in [6.45, 7) is 3.43. The van der Waals surface area contributed by atoms with E-state index in [1.807, 2.05) is 6.92 Å². The first kappa shape index (κ1) is 18.4. The monoisotopic (exact) mass is 368 g/mol. The van der Waals surface area contributed by atoms with Gasteiger partial charge in [0.1, 0.15) is 11.5 Å².